The molecule has 6 heteroatoms. The number of nitrogens with zero attached hydrogens (tertiary/aromatic N) is 2. The van der Waals surface area contributed by atoms with E-state index in [0.717, 1.165) is 28.2 Å². The zero-order valence-corrected chi connectivity index (χ0v) is 18.3. The Morgan fingerprint density at radius 2 is 1.87 bits per heavy atom. The van der Waals surface area contributed by atoms with E-state index in [1.54, 1.807) is 24.3 Å². The minimum absolute atomic E-state index is 0.168. The molecule has 4 rings (SSSR count). The predicted octanol–water partition coefficient (Wildman–Crippen LogP) is 5.57. The molecular weight excluding hydrogens is 410 g/mol. The summed E-state index contributed by atoms with van der Waals surface area (Å²) in [6.45, 7) is 5.09. The van der Waals surface area contributed by atoms with Gasteiger partial charge in [-0.05, 0) is 67.9 Å². The van der Waals surface area contributed by atoms with Crippen molar-refractivity contribution in [3.63, 3.8) is 0 Å². The number of benzene rings is 3. The van der Waals surface area contributed by atoms with E-state index in [1.807, 2.05) is 62.4 Å². The minimum Gasteiger partial charge on any atom is -0.492 e. The number of fused-ring (bicyclic) bond motifs is 1. The zero-order valence-electron chi connectivity index (χ0n) is 17.5. The average molecular weight is 434 g/mol. The normalized spacial score (nSPS) is 12.0. The molecule has 1 amide bonds. The largest absolute Gasteiger partial charge is 0.492 e. The number of carbonyl (C=O) groups is 1. The highest BCUT2D eigenvalue weighted by atomic mass is 35.5. The van der Waals surface area contributed by atoms with Crippen molar-refractivity contribution in [1.29, 1.82) is 0 Å². The summed E-state index contributed by atoms with van der Waals surface area (Å²) >= 11 is 5.93. The molecule has 0 radical (unpaired) electrons. The van der Waals surface area contributed by atoms with Gasteiger partial charge in [0.05, 0.1) is 23.6 Å². The molecule has 1 unspecified atom stereocenters. The first kappa shape index (κ1) is 20.9. The van der Waals surface area contributed by atoms with Crippen molar-refractivity contribution in [2.75, 3.05) is 6.61 Å². The number of aryl methyl sites for hydroxylation is 1. The number of hydrogen-bond donors (Lipinski definition) is 1. The van der Waals surface area contributed by atoms with Crippen LogP contribution in [0.2, 0.25) is 5.02 Å². The van der Waals surface area contributed by atoms with Crippen LogP contribution in [0.4, 0.5) is 0 Å². The maximum atomic E-state index is 12.7. The third-order valence-corrected chi connectivity index (χ3v) is 5.35. The molecule has 0 aliphatic heterocycles. The van der Waals surface area contributed by atoms with E-state index in [2.05, 4.69) is 9.88 Å². The van der Waals surface area contributed by atoms with Crippen LogP contribution in [0.15, 0.2) is 72.8 Å². The lowest BCUT2D eigenvalue weighted by atomic mass is 10.2. The maximum Gasteiger partial charge on any atom is 0.251 e. The van der Waals surface area contributed by atoms with Gasteiger partial charge in [0.15, 0.2) is 0 Å². The number of rotatable bonds is 7. The SMILES string of the molecule is Cc1cccc(OCCn2c(C(C)NC(=O)c3ccc(Cl)cc3)nc3ccccc32)c1. The van der Waals surface area contributed by atoms with Crippen molar-refractivity contribution < 1.29 is 9.53 Å². The van der Waals surface area contributed by atoms with Crippen LogP contribution in [-0.4, -0.2) is 22.1 Å². The molecule has 4 aromatic rings. The minimum atomic E-state index is -0.283. The van der Waals surface area contributed by atoms with Crippen molar-refractivity contribution in [3.8, 4) is 5.75 Å². The Kier molecular flexibility index (Phi) is 6.23. The van der Waals surface area contributed by atoms with Crippen LogP contribution in [-0.2, 0) is 6.54 Å². The van der Waals surface area contributed by atoms with Gasteiger partial charge in [-0.2, -0.15) is 0 Å². The van der Waals surface area contributed by atoms with Gasteiger partial charge in [-0.15, -0.1) is 0 Å². The van der Waals surface area contributed by atoms with E-state index in [9.17, 15) is 4.79 Å². The van der Waals surface area contributed by atoms with E-state index in [4.69, 9.17) is 21.3 Å². The lowest BCUT2D eigenvalue weighted by Crippen LogP contribution is -2.29. The quantitative estimate of drug-likeness (QED) is 0.414. The Labute approximate surface area is 186 Å². The van der Waals surface area contributed by atoms with Gasteiger partial charge in [-0.1, -0.05) is 35.9 Å². The second-order valence-electron chi connectivity index (χ2n) is 7.48. The lowest BCUT2D eigenvalue weighted by molar-refractivity contribution is 0.0937. The van der Waals surface area contributed by atoms with Gasteiger partial charge in [0, 0.05) is 10.6 Å². The Morgan fingerprint density at radius 3 is 2.65 bits per heavy atom. The van der Waals surface area contributed by atoms with Crippen LogP contribution in [0.25, 0.3) is 11.0 Å². The van der Waals surface area contributed by atoms with Crippen LogP contribution in [0.1, 0.15) is 34.7 Å². The smallest absolute Gasteiger partial charge is 0.251 e. The summed E-state index contributed by atoms with van der Waals surface area (Å²) in [6.07, 6.45) is 0. The average Bonchev–Trinajstić information content (AvgIpc) is 3.13. The molecule has 158 valence electrons. The van der Waals surface area contributed by atoms with Gasteiger partial charge in [0.25, 0.3) is 5.91 Å². The number of imidazole rings is 1. The van der Waals surface area contributed by atoms with E-state index in [1.165, 1.54) is 0 Å². The van der Waals surface area contributed by atoms with Crippen molar-refractivity contribution >= 4 is 28.5 Å². The molecule has 0 fully saturated rings. The molecule has 0 aliphatic rings. The van der Waals surface area contributed by atoms with Crippen LogP contribution >= 0.6 is 11.6 Å². The van der Waals surface area contributed by atoms with Gasteiger partial charge in [0.1, 0.15) is 18.2 Å². The van der Waals surface area contributed by atoms with Crippen molar-refractivity contribution in [1.82, 2.24) is 14.9 Å². The molecule has 1 aromatic heterocycles. The number of aromatic nitrogens is 2. The van der Waals surface area contributed by atoms with Gasteiger partial charge in [0.2, 0.25) is 0 Å². The Morgan fingerprint density at radius 1 is 1.10 bits per heavy atom. The second-order valence-corrected chi connectivity index (χ2v) is 7.91. The number of para-hydroxylation sites is 2. The van der Waals surface area contributed by atoms with Gasteiger partial charge < -0.3 is 14.6 Å². The summed E-state index contributed by atoms with van der Waals surface area (Å²) in [5.41, 5.74) is 3.62. The Balaban J connectivity index is 1.53. The van der Waals surface area contributed by atoms with Crippen LogP contribution in [0.5, 0.6) is 5.75 Å². The van der Waals surface area contributed by atoms with Crippen LogP contribution in [0.3, 0.4) is 0 Å². The first-order valence-corrected chi connectivity index (χ1v) is 10.6. The molecule has 1 heterocycles. The Hall–Kier alpha value is -3.31. The van der Waals surface area contributed by atoms with Crippen LogP contribution in [0, 0.1) is 6.92 Å². The number of hydrogen-bond acceptors (Lipinski definition) is 3. The topological polar surface area (TPSA) is 56.1 Å². The number of amides is 1. The highest BCUT2D eigenvalue weighted by Gasteiger charge is 2.19. The fraction of sp³-hybridized carbons (Fsp3) is 0.200. The van der Waals surface area contributed by atoms with E-state index in [0.29, 0.717) is 23.7 Å². The lowest BCUT2D eigenvalue weighted by Gasteiger charge is -2.17. The molecule has 31 heavy (non-hydrogen) atoms. The third-order valence-electron chi connectivity index (χ3n) is 5.10. The van der Waals surface area contributed by atoms with Gasteiger partial charge in [-0.3, -0.25) is 4.79 Å². The van der Waals surface area contributed by atoms with E-state index in [-0.39, 0.29) is 11.9 Å². The molecule has 3 aromatic carbocycles. The zero-order chi connectivity index (χ0) is 21.8. The van der Waals surface area contributed by atoms with Crippen molar-refractivity contribution in [3.05, 3.63) is 94.8 Å². The van der Waals surface area contributed by atoms with Crippen LogP contribution < -0.4 is 10.1 Å². The van der Waals surface area contributed by atoms with E-state index >= 15 is 0 Å². The van der Waals surface area contributed by atoms with Gasteiger partial charge in [-0.25, -0.2) is 4.98 Å². The van der Waals surface area contributed by atoms with Gasteiger partial charge >= 0.3 is 0 Å². The highest BCUT2D eigenvalue weighted by Crippen LogP contribution is 2.22. The standard InChI is InChI=1S/C25H24ClN3O2/c1-17-6-5-7-21(16-17)31-15-14-29-23-9-4-3-8-22(23)28-24(29)18(2)27-25(30)19-10-12-20(26)13-11-19/h3-13,16,18H,14-15H2,1-2H3,(H,27,30). The molecule has 1 atom stereocenters. The molecular formula is C25H24ClN3O2. The number of ether oxygens (including phenoxy) is 1. The predicted molar refractivity (Wildman–Crippen MR) is 124 cm³/mol. The molecule has 0 saturated heterocycles. The maximum absolute atomic E-state index is 12.7. The summed E-state index contributed by atoms with van der Waals surface area (Å²) in [5.74, 6) is 1.46. The number of halogens is 1. The second kappa shape index (κ2) is 9.23. The number of carbonyl (C=O) groups excluding carboxylic acids is 1. The fourth-order valence-corrected chi connectivity index (χ4v) is 3.69. The monoisotopic (exact) mass is 433 g/mol. The summed E-state index contributed by atoms with van der Waals surface area (Å²) in [7, 11) is 0. The Bertz CT molecular complexity index is 1200. The highest BCUT2D eigenvalue weighted by molar-refractivity contribution is 6.30. The first-order chi connectivity index (χ1) is 15.0. The number of nitrogens with one attached hydrogen (secondary N) is 1. The molecule has 0 aliphatic carbocycles. The summed E-state index contributed by atoms with van der Waals surface area (Å²) in [5, 5.41) is 3.64. The first-order valence-electron chi connectivity index (χ1n) is 10.2. The third kappa shape index (κ3) is 4.89. The summed E-state index contributed by atoms with van der Waals surface area (Å²) in [4.78, 5) is 17.5. The van der Waals surface area contributed by atoms with E-state index < -0.39 is 0 Å². The summed E-state index contributed by atoms with van der Waals surface area (Å²) < 4.78 is 8.07. The molecule has 5 nitrogen and oxygen atoms in total. The molecule has 0 spiro atoms. The fourth-order valence-electron chi connectivity index (χ4n) is 3.57. The van der Waals surface area contributed by atoms with Crippen molar-refractivity contribution in [2.45, 2.75) is 26.4 Å². The molecule has 0 saturated carbocycles. The molecule has 1 N–H and O–H groups in total. The molecule has 0 bridgehead atoms. The van der Waals surface area contributed by atoms with Crippen molar-refractivity contribution in [2.24, 2.45) is 0 Å². The summed E-state index contributed by atoms with van der Waals surface area (Å²) in [6, 6.07) is 22.5.